The van der Waals surface area contributed by atoms with Gasteiger partial charge in [-0.25, -0.2) is 14.4 Å². The number of carbonyl (C=O) groups is 1. The second kappa shape index (κ2) is 9.70. The first-order valence-corrected chi connectivity index (χ1v) is 11.5. The summed E-state index contributed by atoms with van der Waals surface area (Å²) in [5, 5.41) is 3.99. The third-order valence-electron chi connectivity index (χ3n) is 5.61. The Morgan fingerprint density at radius 2 is 1.97 bits per heavy atom. The highest BCUT2D eigenvalue weighted by Crippen LogP contribution is 2.32. The third-order valence-corrected chi connectivity index (χ3v) is 6.64. The number of rotatable bonds is 7. The number of hydrogen-bond donors (Lipinski definition) is 1. The zero-order valence-electron chi connectivity index (χ0n) is 18.0. The van der Waals surface area contributed by atoms with Crippen molar-refractivity contribution in [2.24, 2.45) is 5.92 Å². The minimum absolute atomic E-state index is 0.0655. The van der Waals surface area contributed by atoms with Crippen LogP contribution in [-0.4, -0.2) is 61.0 Å². The molecule has 1 aliphatic rings. The Bertz CT molecular complexity index is 1050. The molecule has 0 unspecified atom stereocenters. The Balaban J connectivity index is 1.37. The molecule has 31 heavy (non-hydrogen) atoms. The van der Waals surface area contributed by atoms with E-state index in [4.69, 9.17) is 4.98 Å². The van der Waals surface area contributed by atoms with E-state index in [2.05, 4.69) is 20.1 Å². The molecule has 1 N–H and O–H groups in total. The van der Waals surface area contributed by atoms with E-state index in [1.807, 2.05) is 32.3 Å². The quantitative estimate of drug-likeness (QED) is 0.566. The molecule has 1 fully saturated rings. The van der Waals surface area contributed by atoms with E-state index < -0.39 is 0 Å². The van der Waals surface area contributed by atoms with E-state index in [9.17, 15) is 9.18 Å². The van der Waals surface area contributed by atoms with Gasteiger partial charge in [0.1, 0.15) is 16.2 Å². The molecule has 0 bridgehead atoms. The molecule has 0 saturated carbocycles. The molecule has 2 aromatic heterocycles. The van der Waals surface area contributed by atoms with Gasteiger partial charge in [0.2, 0.25) is 5.91 Å². The largest absolute Gasteiger partial charge is 0.356 e. The van der Waals surface area contributed by atoms with Crippen molar-refractivity contribution in [1.29, 1.82) is 0 Å². The number of carbonyl (C=O) groups excluding carboxylic acids is 1. The fourth-order valence-corrected chi connectivity index (χ4v) is 4.83. The minimum atomic E-state index is -0.277. The smallest absolute Gasteiger partial charge is 0.223 e. The molecule has 1 aromatic carbocycles. The minimum Gasteiger partial charge on any atom is -0.356 e. The van der Waals surface area contributed by atoms with Crippen LogP contribution in [0.2, 0.25) is 0 Å². The van der Waals surface area contributed by atoms with Crippen LogP contribution >= 0.6 is 11.3 Å². The van der Waals surface area contributed by atoms with Crippen LogP contribution in [0.15, 0.2) is 36.4 Å². The third kappa shape index (κ3) is 5.19. The second-order valence-corrected chi connectivity index (χ2v) is 9.16. The van der Waals surface area contributed by atoms with Crippen molar-refractivity contribution in [2.45, 2.75) is 19.3 Å². The highest BCUT2D eigenvalue weighted by atomic mass is 32.1. The maximum Gasteiger partial charge on any atom is 0.223 e. The Morgan fingerprint density at radius 3 is 2.71 bits per heavy atom. The number of hydrogen-bond acceptors (Lipinski definition) is 6. The van der Waals surface area contributed by atoms with Crippen molar-refractivity contribution in [3.63, 3.8) is 0 Å². The van der Waals surface area contributed by atoms with Crippen LogP contribution in [0, 0.1) is 11.7 Å². The number of amides is 1. The molecule has 0 aliphatic carbocycles. The average Bonchev–Trinajstić information content (AvgIpc) is 3.20. The van der Waals surface area contributed by atoms with Gasteiger partial charge in [-0.15, -0.1) is 0 Å². The zero-order valence-corrected chi connectivity index (χ0v) is 18.8. The van der Waals surface area contributed by atoms with E-state index in [-0.39, 0.29) is 17.6 Å². The zero-order chi connectivity index (χ0) is 21.8. The van der Waals surface area contributed by atoms with Crippen molar-refractivity contribution in [3.05, 3.63) is 42.2 Å². The van der Waals surface area contributed by atoms with Crippen LogP contribution in [-0.2, 0) is 4.79 Å². The molecule has 0 atom stereocenters. The van der Waals surface area contributed by atoms with E-state index in [1.54, 1.807) is 12.1 Å². The monoisotopic (exact) mass is 441 g/mol. The molecule has 4 rings (SSSR count). The van der Waals surface area contributed by atoms with E-state index in [0.29, 0.717) is 11.3 Å². The first kappa shape index (κ1) is 21.6. The van der Waals surface area contributed by atoms with Gasteiger partial charge in [-0.3, -0.25) is 4.79 Å². The highest BCUT2D eigenvalue weighted by molar-refractivity contribution is 7.21. The van der Waals surface area contributed by atoms with E-state index in [0.717, 1.165) is 60.9 Å². The number of fused-ring (bicyclic) bond motifs is 1. The van der Waals surface area contributed by atoms with Crippen molar-refractivity contribution < 1.29 is 9.18 Å². The van der Waals surface area contributed by atoms with Crippen molar-refractivity contribution in [2.75, 3.05) is 45.2 Å². The number of halogens is 1. The summed E-state index contributed by atoms with van der Waals surface area (Å²) in [5.74, 6) is -0.0455. The number of thiazole rings is 1. The molecular formula is C23H28FN5OS. The lowest BCUT2D eigenvalue weighted by Gasteiger charge is -2.31. The van der Waals surface area contributed by atoms with Gasteiger partial charge >= 0.3 is 0 Å². The van der Waals surface area contributed by atoms with Gasteiger partial charge in [-0.2, -0.15) is 0 Å². The number of benzene rings is 1. The molecule has 1 aliphatic heterocycles. The van der Waals surface area contributed by atoms with E-state index in [1.165, 1.54) is 17.4 Å². The fraction of sp³-hybridized carbons (Fsp3) is 0.435. The molecular weight excluding hydrogens is 413 g/mol. The molecule has 8 heteroatoms. The Kier molecular flexibility index (Phi) is 6.77. The van der Waals surface area contributed by atoms with Gasteiger partial charge in [0.15, 0.2) is 5.13 Å². The predicted octanol–water partition coefficient (Wildman–Crippen LogP) is 3.78. The average molecular weight is 442 g/mol. The molecule has 6 nitrogen and oxygen atoms in total. The van der Waals surface area contributed by atoms with Crippen LogP contribution in [0.5, 0.6) is 0 Å². The number of pyridine rings is 1. The summed E-state index contributed by atoms with van der Waals surface area (Å²) < 4.78 is 14.1. The van der Waals surface area contributed by atoms with Crippen LogP contribution in [0.25, 0.3) is 21.6 Å². The summed E-state index contributed by atoms with van der Waals surface area (Å²) in [6.07, 6.45) is 2.61. The summed E-state index contributed by atoms with van der Waals surface area (Å²) in [4.78, 5) is 26.9. The summed E-state index contributed by atoms with van der Waals surface area (Å²) in [7, 11) is 4.08. The first-order chi connectivity index (χ1) is 15.0. The Morgan fingerprint density at radius 1 is 1.19 bits per heavy atom. The molecule has 0 spiro atoms. The summed E-state index contributed by atoms with van der Waals surface area (Å²) in [6, 6.07) is 10.4. The number of piperidine rings is 1. The number of nitrogens with one attached hydrogen (secondary N) is 1. The molecule has 0 radical (unpaired) electrons. The second-order valence-electron chi connectivity index (χ2n) is 8.21. The van der Waals surface area contributed by atoms with E-state index >= 15 is 0 Å². The summed E-state index contributed by atoms with van der Waals surface area (Å²) in [6.45, 7) is 3.31. The summed E-state index contributed by atoms with van der Waals surface area (Å²) >= 11 is 1.52. The topological polar surface area (TPSA) is 61.4 Å². The highest BCUT2D eigenvalue weighted by Gasteiger charge is 2.26. The molecule has 3 aromatic rings. The maximum absolute atomic E-state index is 14.1. The van der Waals surface area contributed by atoms with Crippen molar-refractivity contribution >= 4 is 32.7 Å². The lowest BCUT2D eigenvalue weighted by molar-refractivity contribution is -0.125. The summed E-state index contributed by atoms with van der Waals surface area (Å²) in [5.41, 5.74) is 1.93. The molecule has 1 amide bonds. The molecule has 1 saturated heterocycles. The molecule has 164 valence electrons. The SMILES string of the molecule is CN(C)CCCNC(=O)C1CCN(c2nc3ccc(-c4ccccc4F)nc3s2)CC1. The van der Waals surface area contributed by atoms with Crippen LogP contribution in [0.3, 0.4) is 0 Å². The van der Waals surface area contributed by atoms with Crippen LogP contribution in [0.1, 0.15) is 19.3 Å². The fourth-order valence-electron chi connectivity index (χ4n) is 3.84. The van der Waals surface area contributed by atoms with Crippen LogP contribution in [0.4, 0.5) is 9.52 Å². The molecule has 3 heterocycles. The first-order valence-electron chi connectivity index (χ1n) is 10.7. The predicted molar refractivity (Wildman–Crippen MR) is 124 cm³/mol. The maximum atomic E-state index is 14.1. The van der Waals surface area contributed by atoms with Gasteiger partial charge in [-0.05, 0) is 64.2 Å². The number of anilines is 1. The standard InChI is InChI=1S/C23H28FN5OS/c1-28(2)13-5-12-25-21(30)16-10-14-29(15-11-16)23-27-20-9-8-19(26-22(20)31-23)17-6-3-4-7-18(17)24/h3-4,6-9,16H,5,10-15H2,1-2H3,(H,25,30). The lowest BCUT2D eigenvalue weighted by atomic mass is 9.96. The van der Waals surface area contributed by atoms with Gasteiger partial charge in [0.05, 0.1) is 5.69 Å². The normalized spacial score (nSPS) is 15.0. The van der Waals surface area contributed by atoms with Gasteiger partial charge in [-0.1, -0.05) is 23.5 Å². The lowest BCUT2D eigenvalue weighted by Crippen LogP contribution is -2.41. The van der Waals surface area contributed by atoms with Gasteiger partial charge in [0, 0.05) is 31.1 Å². The van der Waals surface area contributed by atoms with Gasteiger partial charge in [0.25, 0.3) is 0 Å². The Hall–Kier alpha value is -2.58. The van der Waals surface area contributed by atoms with Gasteiger partial charge < -0.3 is 15.1 Å². The van der Waals surface area contributed by atoms with Crippen LogP contribution < -0.4 is 10.2 Å². The Labute approximate surface area is 186 Å². The van der Waals surface area contributed by atoms with Crippen molar-refractivity contribution in [1.82, 2.24) is 20.2 Å². The number of nitrogens with zero attached hydrogens (tertiary/aromatic N) is 4. The number of aromatic nitrogens is 2. The van der Waals surface area contributed by atoms with Crippen molar-refractivity contribution in [3.8, 4) is 11.3 Å².